The van der Waals surface area contributed by atoms with Gasteiger partial charge in [0.25, 0.3) is 0 Å². The van der Waals surface area contributed by atoms with Gasteiger partial charge in [-0.1, -0.05) is 52.4 Å². The van der Waals surface area contributed by atoms with E-state index in [1.807, 2.05) is 6.92 Å². The van der Waals surface area contributed by atoms with Crippen LogP contribution in [0.25, 0.3) is 0 Å². The van der Waals surface area contributed by atoms with Crippen LogP contribution in [0.2, 0.25) is 0 Å². The molecule has 1 unspecified atom stereocenters. The van der Waals surface area contributed by atoms with Crippen LogP contribution in [-0.2, 0) is 4.79 Å². The van der Waals surface area contributed by atoms with Crippen LogP contribution < -0.4 is 0 Å². The van der Waals surface area contributed by atoms with Crippen molar-refractivity contribution < 1.29 is 4.79 Å². The zero-order valence-electron chi connectivity index (χ0n) is 12.4. The number of nitrogens with zero attached hydrogens (tertiary/aromatic N) is 1. The molecule has 0 N–H and O–H groups in total. The second-order valence-corrected chi connectivity index (χ2v) is 5.64. The van der Waals surface area contributed by atoms with E-state index in [0.29, 0.717) is 12.2 Å². The molecule has 1 saturated heterocycles. The molecule has 1 atom stereocenters. The lowest BCUT2D eigenvalue weighted by Gasteiger charge is -2.22. The fourth-order valence-corrected chi connectivity index (χ4v) is 2.97. The van der Waals surface area contributed by atoms with Crippen LogP contribution in [0.15, 0.2) is 0 Å². The lowest BCUT2D eigenvalue weighted by molar-refractivity contribution is -0.123. The molecule has 0 aromatic rings. The molecule has 0 saturated carbocycles. The van der Waals surface area contributed by atoms with Crippen molar-refractivity contribution in [2.24, 2.45) is 0 Å². The molecule has 0 radical (unpaired) electrons. The van der Waals surface area contributed by atoms with Gasteiger partial charge in [-0.15, -0.1) is 0 Å². The summed E-state index contributed by atoms with van der Waals surface area (Å²) in [5, 5.41) is 0. The van der Waals surface area contributed by atoms with Gasteiger partial charge in [-0.3, -0.25) is 9.69 Å². The molecular formula is C16H31NO. The normalized spacial score (nSPS) is 20.4. The van der Waals surface area contributed by atoms with Gasteiger partial charge >= 0.3 is 0 Å². The number of likely N-dealkylation sites (tertiary alicyclic amines) is 1. The number of unbranched alkanes of at least 4 members (excludes halogenated alkanes) is 6. The van der Waals surface area contributed by atoms with Crippen LogP contribution >= 0.6 is 0 Å². The van der Waals surface area contributed by atoms with Gasteiger partial charge < -0.3 is 0 Å². The Morgan fingerprint density at radius 1 is 1.06 bits per heavy atom. The van der Waals surface area contributed by atoms with Gasteiger partial charge in [-0.25, -0.2) is 0 Å². The number of Topliss-reactive ketones (excluding diaryl/α,β-unsaturated/α-hetero) is 1. The highest BCUT2D eigenvalue weighted by atomic mass is 16.1. The Morgan fingerprint density at radius 3 is 2.39 bits per heavy atom. The molecule has 0 aromatic carbocycles. The molecule has 106 valence electrons. The monoisotopic (exact) mass is 253 g/mol. The highest BCUT2D eigenvalue weighted by molar-refractivity contribution is 5.83. The largest absolute Gasteiger partial charge is 0.298 e. The first-order chi connectivity index (χ1) is 8.79. The molecule has 1 aliphatic heterocycles. The number of rotatable bonds is 10. The number of hydrogen-bond donors (Lipinski definition) is 0. The highest BCUT2D eigenvalue weighted by Gasteiger charge is 2.28. The molecule has 1 aliphatic rings. The number of carbonyl (C=O) groups is 1. The third-order valence-corrected chi connectivity index (χ3v) is 4.13. The first kappa shape index (κ1) is 15.7. The maximum atomic E-state index is 11.8. The van der Waals surface area contributed by atoms with Crippen molar-refractivity contribution in [3.05, 3.63) is 0 Å². The fraction of sp³-hybridized carbons (Fsp3) is 0.938. The Balaban J connectivity index is 2.05. The Kier molecular flexibility index (Phi) is 8.32. The third-order valence-electron chi connectivity index (χ3n) is 4.13. The predicted octanol–water partition coefficient (Wildman–Crippen LogP) is 4.18. The second-order valence-electron chi connectivity index (χ2n) is 5.64. The molecule has 0 spiro atoms. The Bertz CT molecular complexity index is 227. The van der Waals surface area contributed by atoms with Gasteiger partial charge in [0.2, 0.25) is 0 Å². The zero-order valence-corrected chi connectivity index (χ0v) is 12.4. The minimum Gasteiger partial charge on any atom is -0.298 e. The summed E-state index contributed by atoms with van der Waals surface area (Å²) in [4.78, 5) is 14.2. The van der Waals surface area contributed by atoms with E-state index in [1.54, 1.807) is 0 Å². The quantitative estimate of drug-likeness (QED) is 0.544. The number of hydrogen-bond acceptors (Lipinski definition) is 2. The summed E-state index contributed by atoms with van der Waals surface area (Å²) in [6.07, 6.45) is 12.5. The van der Waals surface area contributed by atoms with Crippen molar-refractivity contribution in [3.8, 4) is 0 Å². The van der Waals surface area contributed by atoms with Crippen LogP contribution in [0.3, 0.4) is 0 Å². The van der Waals surface area contributed by atoms with Crippen molar-refractivity contribution in [3.63, 3.8) is 0 Å². The van der Waals surface area contributed by atoms with E-state index in [4.69, 9.17) is 0 Å². The molecule has 0 amide bonds. The van der Waals surface area contributed by atoms with E-state index in [0.717, 1.165) is 19.5 Å². The van der Waals surface area contributed by atoms with Crippen LogP contribution in [0, 0.1) is 0 Å². The van der Waals surface area contributed by atoms with E-state index in [9.17, 15) is 4.79 Å². The Labute approximate surface area is 113 Å². The van der Waals surface area contributed by atoms with Gasteiger partial charge in [0, 0.05) is 6.42 Å². The molecule has 2 nitrogen and oxygen atoms in total. The lowest BCUT2D eigenvalue weighted by Crippen LogP contribution is -2.36. The first-order valence-corrected chi connectivity index (χ1v) is 8.06. The third kappa shape index (κ3) is 5.51. The number of carbonyl (C=O) groups excluding carboxylic acids is 1. The minimum atomic E-state index is 0.259. The Hall–Kier alpha value is -0.370. The molecule has 1 fully saturated rings. The average molecular weight is 253 g/mol. The van der Waals surface area contributed by atoms with Gasteiger partial charge in [-0.2, -0.15) is 0 Å². The smallest absolute Gasteiger partial charge is 0.149 e. The van der Waals surface area contributed by atoms with Gasteiger partial charge in [0.1, 0.15) is 5.78 Å². The summed E-state index contributed by atoms with van der Waals surface area (Å²) >= 11 is 0. The molecule has 18 heavy (non-hydrogen) atoms. The maximum Gasteiger partial charge on any atom is 0.149 e. The van der Waals surface area contributed by atoms with Crippen LogP contribution in [-0.4, -0.2) is 29.8 Å². The molecular weight excluding hydrogens is 222 g/mol. The fourth-order valence-electron chi connectivity index (χ4n) is 2.97. The molecule has 0 bridgehead atoms. The lowest BCUT2D eigenvalue weighted by atomic mass is 10.1. The standard InChI is InChI=1S/C16H31NO/c1-3-5-6-7-8-9-10-13-17-14-11-12-15(17)16(18)4-2/h15H,3-14H2,1-2H3. The number of ketones is 1. The van der Waals surface area contributed by atoms with E-state index < -0.39 is 0 Å². The van der Waals surface area contributed by atoms with Gasteiger partial charge in [0.15, 0.2) is 0 Å². The SMILES string of the molecule is CCCCCCCCCN1CCCC1C(=O)CC. The molecule has 1 heterocycles. The molecule has 0 aromatic heterocycles. The van der Waals surface area contributed by atoms with Crippen LogP contribution in [0.4, 0.5) is 0 Å². The summed E-state index contributed by atoms with van der Waals surface area (Å²) in [6.45, 7) is 6.54. The minimum absolute atomic E-state index is 0.259. The summed E-state index contributed by atoms with van der Waals surface area (Å²) in [5.74, 6) is 0.454. The summed E-state index contributed by atoms with van der Waals surface area (Å²) < 4.78 is 0. The summed E-state index contributed by atoms with van der Waals surface area (Å²) in [6, 6.07) is 0.259. The van der Waals surface area contributed by atoms with Crippen molar-refractivity contribution in [2.45, 2.75) is 84.1 Å². The maximum absolute atomic E-state index is 11.8. The van der Waals surface area contributed by atoms with Crippen molar-refractivity contribution in [2.75, 3.05) is 13.1 Å². The van der Waals surface area contributed by atoms with Gasteiger partial charge in [-0.05, 0) is 32.4 Å². The van der Waals surface area contributed by atoms with Crippen molar-refractivity contribution in [1.29, 1.82) is 0 Å². The predicted molar refractivity (Wildman–Crippen MR) is 77.9 cm³/mol. The molecule has 2 heteroatoms. The van der Waals surface area contributed by atoms with Crippen molar-refractivity contribution >= 4 is 5.78 Å². The summed E-state index contributed by atoms with van der Waals surface area (Å²) in [5.41, 5.74) is 0. The van der Waals surface area contributed by atoms with E-state index in [2.05, 4.69) is 11.8 Å². The highest BCUT2D eigenvalue weighted by Crippen LogP contribution is 2.20. The van der Waals surface area contributed by atoms with E-state index in [1.165, 1.54) is 51.4 Å². The van der Waals surface area contributed by atoms with E-state index >= 15 is 0 Å². The van der Waals surface area contributed by atoms with E-state index in [-0.39, 0.29) is 6.04 Å². The molecule has 0 aliphatic carbocycles. The Morgan fingerprint density at radius 2 is 1.72 bits per heavy atom. The van der Waals surface area contributed by atoms with Crippen LogP contribution in [0.5, 0.6) is 0 Å². The van der Waals surface area contributed by atoms with Gasteiger partial charge in [0.05, 0.1) is 6.04 Å². The molecule has 1 rings (SSSR count). The average Bonchev–Trinajstić information content (AvgIpc) is 2.85. The van der Waals surface area contributed by atoms with Crippen LogP contribution in [0.1, 0.15) is 78.1 Å². The van der Waals surface area contributed by atoms with Crippen molar-refractivity contribution in [1.82, 2.24) is 4.90 Å². The zero-order chi connectivity index (χ0) is 13.2. The summed E-state index contributed by atoms with van der Waals surface area (Å²) in [7, 11) is 0. The topological polar surface area (TPSA) is 20.3 Å². The second kappa shape index (κ2) is 9.55. The first-order valence-electron chi connectivity index (χ1n) is 8.06.